The standard InChI is InChI=1S/C15H21FN2O2/c1-2-13(20-14-6-4-3-5-11(14)16)15(19)18-12(9-17)10-7-8-10/h3-6,10,12-13H,2,7-9,17H2,1H3,(H,18,19). The van der Waals surface area contributed by atoms with Crippen LogP contribution in [0.3, 0.4) is 0 Å². The molecule has 0 radical (unpaired) electrons. The lowest BCUT2D eigenvalue weighted by atomic mass is 10.1. The fourth-order valence-electron chi connectivity index (χ4n) is 2.16. The highest BCUT2D eigenvalue weighted by molar-refractivity contribution is 5.81. The Balaban J connectivity index is 1.96. The monoisotopic (exact) mass is 280 g/mol. The molecule has 1 saturated carbocycles. The van der Waals surface area contributed by atoms with Gasteiger partial charge < -0.3 is 15.8 Å². The van der Waals surface area contributed by atoms with Crippen molar-refractivity contribution in [3.05, 3.63) is 30.1 Å². The lowest BCUT2D eigenvalue weighted by Crippen LogP contribution is -2.47. The van der Waals surface area contributed by atoms with E-state index in [1.807, 2.05) is 6.92 Å². The minimum atomic E-state index is -0.695. The predicted octanol–water partition coefficient (Wildman–Crippen LogP) is 1.84. The second kappa shape index (κ2) is 6.70. The van der Waals surface area contributed by atoms with Crippen LogP contribution in [0.4, 0.5) is 4.39 Å². The van der Waals surface area contributed by atoms with E-state index in [9.17, 15) is 9.18 Å². The molecule has 110 valence electrons. The lowest BCUT2D eigenvalue weighted by Gasteiger charge is -2.22. The third kappa shape index (κ3) is 3.70. The van der Waals surface area contributed by atoms with Crippen molar-refractivity contribution in [2.45, 2.75) is 38.3 Å². The van der Waals surface area contributed by atoms with Gasteiger partial charge in [0.15, 0.2) is 17.7 Å². The van der Waals surface area contributed by atoms with E-state index in [0.717, 1.165) is 12.8 Å². The van der Waals surface area contributed by atoms with E-state index >= 15 is 0 Å². The molecule has 0 spiro atoms. The molecule has 5 heteroatoms. The van der Waals surface area contributed by atoms with Crippen LogP contribution in [0.1, 0.15) is 26.2 Å². The molecule has 1 amide bonds. The average Bonchev–Trinajstić information content (AvgIpc) is 3.28. The van der Waals surface area contributed by atoms with Crippen LogP contribution < -0.4 is 15.8 Å². The molecule has 0 bridgehead atoms. The molecular formula is C15H21FN2O2. The summed E-state index contributed by atoms with van der Waals surface area (Å²) >= 11 is 0. The van der Waals surface area contributed by atoms with Crippen LogP contribution in [0.15, 0.2) is 24.3 Å². The maximum atomic E-state index is 13.5. The Labute approximate surface area is 118 Å². The molecule has 3 N–H and O–H groups in total. The summed E-state index contributed by atoms with van der Waals surface area (Å²) < 4.78 is 19.0. The van der Waals surface area contributed by atoms with Gasteiger partial charge in [0, 0.05) is 12.6 Å². The Kier molecular flexibility index (Phi) is 4.95. The van der Waals surface area contributed by atoms with E-state index in [4.69, 9.17) is 10.5 Å². The number of nitrogens with two attached hydrogens (primary N) is 1. The maximum Gasteiger partial charge on any atom is 0.261 e. The summed E-state index contributed by atoms with van der Waals surface area (Å²) in [5.41, 5.74) is 5.66. The summed E-state index contributed by atoms with van der Waals surface area (Å²) in [5, 5.41) is 2.91. The SMILES string of the molecule is CCC(Oc1ccccc1F)C(=O)NC(CN)C1CC1. The first kappa shape index (κ1) is 14.8. The lowest BCUT2D eigenvalue weighted by molar-refractivity contribution is -0.129. The van der Waals surface area contributed by atoms with Crippen molar-refractivity contribution in [2.75, 3.05) is 6.54 Å². The summed E-state index contributed by atoms with van der Waals surface area (Å²) in [6.07, 6.45) is 1.99. The van der Waals surface area contributed by atoms with Gasteiger partial charge in [0.2, 0.25) is 0 Å². The van der Waals surface area contributed by atoms with Gasteiger partial charge in [-0.25, -0.2) is 4.39 Å². The van der Waals surface area contributed by atoms with Crippen molar-refractivity contribution in [3.8, 4) is 5.75 Å². The Morgan fingerprint density at radius 2 is 2.20 bits per heavy atom. The largest absolute Gasteiger partial charge is 0.478 e. The average molecular weight is 280 g/mol. The number of hydrogen-bond donors (Lipinski definition) is 2. The molecule has 1 aliphatic carbocycles. The van der Waals surface area contributed by atoms with Gasteiger partial charge in [-0.2, -0.15) is 0 Å². The number of nitrogens with one attached hydrogen (secondary N) is 1. The number of para-hydroxylation sites is 1. The molecule has 20 heavy (non-hydrogen) atoms. The van der Waals surface area contributed by atoms with Gasteiger partial charge in [-0.15, -0.1) is 0 Å². The summed E-state index contributed by atoms with van der Waals surface area (Å²) in [7, 11) is 0. The molecule has 0 aliphatic heterocycles. The van der Waals surface area contributed by atoms with Crippen molar-refractivity contribution in [2.24, 2.45) is 11.7 Å². The van der Waals surface area contributed by atoms with Crippen molar-refractivity contribution in [1.82, 2.24) is 5.32 Å². The smallest absolute Gasteiger partial charge is 0.261 e. The molecule has 1 aromatic carbocycles. The van der Waals surface area contributed by atoms with Gasteiger partial charge in [-0.3, -0.25) is 4.79 Å². The Morgan fingerprint density at radius 3 is 2.75 bits per heavy atom. The van der Waals surface area contributed by atoms with Gasteiger partial charge in [0.1, 0.15) is 0 Å². The summed E-state index contributed by atoms with van der Waals surface area (Å²) in [6, 6.07) is 6.09. The van der Waals surface area contributed by atoms with E-state index in [0.29, 0.717) is 18.9 Å². The highest BCUT2D eigenvalue weighted by Crippen LogP contribution is 2.32. The Morgan fingerprint density at radius 1 is 1.50 bits per heavy atom. The summed E-state index contributed by atoms with van der Waals surface area (Å²) in [5.74, 6) is -0.102. The highest BCUT2D eigenvalue weighted by Gasteiger charge is 2.33. The fraction of sp³-hybridized carbons (Fsp3) is 0.533. The van der Waals surface area contributed by atoms with E-state index in [1.54, 1.807) is 12.1 Å². The van der Waals surface area contributed by atoms with Crippen LogP contribution in [0.2, 0.25) is 0 Å². The van der Waals surface area contributed by atoms with Crippen molar-refractivity contribution in [3.63, 3.8) is 0 Å². The third-order valence-electron chi connectivity index (χ3n) is 3.54. The number of halogens is 1. The van der Waals surface area contributed by atoms with Crippen molar-refractivity contribution in [1.29, 1.82) is 0 Å². The third-order valence-corrected chi connectivity index (χ3v) is 3.54. The van der Waals surface area contributed by atoms with Crippen molar-refractivity contribution >= 4 is 5.91 Å². The van der Waals surface area contributed by atoms with E-state index in [1.165, 1.54) is 12.1 Å². The summed E-state index contributed by atoms with van der Waals surface area (Å²) in [6.45, 7) is 2.26. The normalized spacial score (nSPS) is 17.4. The van der Waals surface area contributed by atoms with Crippen LogP contribution in [-0.4, -0.2) is 24.6 Å². The molecule has 1 aliphatic rings. The van der Waals surface area contributed by atoms with E-state index in [2.05, 4.69) is 5.32 Å². The number of ether oxygens (including phenoxy) is 1. The minimum Gasteiger partial charge on any atom is -0.478 e. The maximum absolute atomic E-state index is 13.5. The van der Waals surface area contributed by atoms with Gasteiger partial charge in [-0.1, -0.05) is 19.1 Å². The van der Waals surface area contributed by atoms with E-state index < -0.39 is 11.9 Å². The Bertz CT molecular complexity index is 463. The van der Waals surface area contributed by atoms with Crippen LogP contribution in [0, 0.1) is 11.7 Å². The van der Waals surface area contributed by atoms with Crippen LogP contribution >= 0.6 is 0 Å². The number of carbonyl (C=O) groups is 1. The van der Waals surface area contributed by atoms with Crippen LogP contribution in [-0.2, 0) is 4.79 Å². The minimum absolute atomic E-state index is 0.000713. The van der Waals surface area contributed by atoms with Gasteiger partial charge >= 0.3 is 0 Å². The molecule has 2 unspecified atom stereocenters. The number of benzene rings is 1. The molecule has 0 aromatic heterocycles. The quantitative estimate of drug-likeness (QED) is 0.801. The number of rotatable bonds is 7. The molecule has 1 aromatic rings. The zero-order chi connectivity index (χ0) is 14.5. The molecule has 2 rings (SSSR count). The predicted molar refractivity (Wildman–Crippen MR) is 74.8 cm³/mol. The molecule has 4 nitrogen and oxygen atoms in total. The molecule has 2 atom stereocenters. The number of amides is 1. The van der Waals surface area contributed by atoms with Gasteiger partial charge in [-0.05, 0) is 37.3 Å². The summed E-state index contributed by atoms with van der Waals surface area (Å²) in [4.78, 5) is 12.2. The number of hydrogen-bond acceptors (Lipinski definition) is 3. The first-order chi connectivity index (χ1) is 9.65. The zero-order valence-corrected chi connectivity index (χ0v) is 11.6. The van der Waals surface area contributed by atoms with Gasteiger partial charge in [0.05, 0.1) is 0 Å². The number of carbonyl (C=O) groups excluding carboxylic acids is 1. The topological polar surface area (TPSA) is 64.3 Å². The van der Waals surface area contributed by atoms with Crippen LogP contribution in [0.25, 0.3) is 0 Å². The zero-order valence-electron chi connectivity index (χ0n) is 11.6. The van der Waals surface area contributed by atoms with Gasteiger partial charge in [0.25, 0.3) is 5.91 Å². The highest BCUT2D eigenvalue weighted by atomic mass is 19.1. The molecule has 0 saturated heterocycles. The fourth-order valence-corrected chi connectivity index (χ4v) is 2.16. The molecule has 1 fully saturated rings. The second-order valence-corrected chi connectivity index (χ2v) is 5.13. The van der Waals surface area contributed by atoms with Crippen LogP contribution in [0.5, 0.6) is 5.75 Å². The second-order valence-electron chi connectivity index (χ2n) is 5.13. The first-order valence-corrected chi connectivity index (χ1v) is 7.07. The molecule has 0 heterocycles. The van der Waals surface area contributed by atoms with E-state index in [-0.39, 0.29) is 17.7 Å². The Hall–Kier alpha value is -1.62. The van der Waals surface area contributed by atoms with Crippen molar-refractivity contribution < 1.29 is 13.9 Å². The first-order valence-electron chi connectivity index (χ1n) is 7.07. The molecular weight excluding hydrogens is 259 g/mol.